The fourth-order valence-electron chi connectivity index (χ4n) is 4.02. The molecule has 3 aromatic heterocycles. The highest BCUT2D eigenvalue weighted by Crippen LogP contribution is 2.36. The van der Waals surface area contributed by atoms with Crippen LogP contribution < -0.4 is 10.1 Å². The van der Waals surface area contributed by atoms with E-state index in [4.69, 9.17) is 19.2 Å². The largest absolute Gasteiger partial charge is 0.467 e. The Bertz CT molecular complexity index is 1370. The average Bonchev–Trinajstić information content (AvgIpc) is 3.35. The van der Waals surface area contributed by atoms with Crippen molar-refractivity contribution in [1.29, 1.82) is 0 Å². The number of halogens is 1. The molecule has 0 bridgehead atoms. The number of aromatic nitrogens is 5. The highest BCUT2D eigenvalue weighted by atomic mass is 19.1. The molecule has 0 unspecified atom stereocenters. The molecule has 0 saturated carbocycles. The van der Waals surface area contributed by atoms with Crippen LogP contribution in [0.4, 0.5) is 10.1 Å². The molecule has 1 saturated heterocycles. The fourth-order valence-corrected chi connectivity index (χ4v) is 4.02. The molecule has 1 fully saturated rings. The number of carbonyl (C=O) groups is 1. The molecule has 0 aliphatic carbocycles. The van der Waals surface area contributed by atoms with Gasteiger partial charge < -0.3 is 24.5 Å². The molecule has 190 valence electrons. The van der Waals surface area contributed by atoms with E-state index in [0.29, 0.717) is 34.2 Å². The Hall–Kier alpha value is -4.22. The summed E-state index contributed by atoms with van der Waals surface area (Å²) in [6, 6.07) is 11.4. The third kappa shape index (κ3) is 5.63. The third-order valence-electron chi connectivity index (χ3n) is 5.83. The van der Waals surface area contributed by atoms with Gasteiger partial charge in [-0.3, -0.25) is 9.78 Å². The van der Waals surface area contributed by atoms with Crippen LogP contribution in [0.2, 0.25) is 0 Å². The molecular weight excluding hydrogens is 479 g/mol. The number of hydrogen-bond acceptors (Lipinski definition) is 8. The number of aromatic amines is 1. The van der Waals surface area contributed by atoms with Gasteiger partial charge in [0.15, 0.2) is 5.82 Å². The Morgan fingerprint density at radius 1 is 1.16 bits per heavy atom. The zero-order chi connectivity index (χ0) is 25.8. The summed E-state index contributed by atoms with van der Waals surface area (Å²) in [5.74, 6) is -0.0814. The highest BCUT2D eigenvalue weighted by Gasteiger charge is 2.37. The van der Waals surface area contributed by atoms with Gasteiger partial charge in [0.2, 0.25) is 12.2 Å². The lowest BCUT2D eigenvalue weighted by Gasteiger charge is -2.36. The Balaban J connectivity index is 1.35. The molecule has 5 rings (SSSR count). The number of nitrogens with zero attached hydrogens (tertiary/aromatic N) is 4. The molecule has 11 heteroatoms. The van der Waals surface area contributed by atoms with E-state index in [2.05, 4.69) is 25.3 Å². The Labute approximate surface area is 212 Å². The van der Waals surface area contributed by atoms with Crippen molar-refractivity contribution in [3.63, 3.8) is 0 Å². The zero-order valence-corrected chi connectivity index (χ0v) is 20.3. The van der Waals surface area contributed by atoms with E-state index in [1.165, 1.54) is 19.2 Å². The number of H-pyrrole nitrogens is 1. The van der Waals surface area contributed by atoms with Gasteiger partial charge in [-0.1, -0.05) is 6.92 Å². The monoisotopic (exact) mass is 504 g/mol. The summed E-state index contributed by atoms with van der Waals surface area (Å²) >= 11 is 0. The molecule has 1 aliphatic heterocycles. The van der Waals surface area contributed by atoms with Gasteiger partial charge in [-0.2, -0.15) is 4.98 Å². The van der Waals surface area contributed by atoms with Crippen molar-refractivity contribution in [2.45, 2.75) is 19.6 Å². The summed E-state index contributed by atoms with van der Waals surface area (Å²) in [6.07, 6.45) is 4.23. The molecule has 1 aromatic carbocycles. The van der Waals surface area contributed by atoms with Gasteiger partial charge >= 0.3 is 6.01 Å². The number of imidazole rings is 1. The molecule has 0 radical (unpaired) electrons. The minimum atomic E-state index is -0.786. The quantitative estimate of drug-likeness (QED) is 0.385. The standard InChI is InChI=1S/C26H25FN6O4/c1-26(12-20(34)30-18-4-3-10-28-13-18)14-36-24(37-15-26)23-32-21(16-5-7-17(27)8-6-16)22(33-23)19-9-11-29-25(31-19)35-2/h3-11,13,24H,12,14-15H2,1-2H3,(H,30,34)(H,32,33). The van der Waals surface area contributed by atoms with Crippen LogP contribution in [-0.2, 0) is 14.3 Å². The second-order valence-electron chi connectivity index (χ2n) is 9.01. The van der Waals surface area contributed by atoms with E-state index >= 15 is 0 Å². The molecule has 2 N–H and O–H groups in total. The zero-order valence-electron chi connectivity index (χ0n) is 20.3. The predicted molar refractivity (Wildman–Crippen MR) is 132 cm³/mol. The second kappa shape index (κ2) is 10.4. The number of amides is 1. The van der Waals surface area contributed by atoms with E-state index in [0.717, 1.165) is 0 Å². The number of nitrogens with one attached hydrogen (secondary N) is 2. The minimum absolute atomic E-state index is 0.155. The lowest BCUT2D eigenvalue weighted by atomic mass is 9.87. The van der Waals surface area contributed by atoms with Gasteiger partial charge in [0.25, 0.3) is 0 Å². The van der Waals surface area contributed by atoms with E-state index < -0.39 is 11.7 Å². The first-order valence-corrected chi connectivity index (χ1v) is 11.6. The Kier molecular flexibility index (Phi) is 6.89. The first kappa shape index (κ1) is 24.5. The van der Waals surface area contributed by atoms with E-state index in [1.54, 1.807) is 48.9 Å². The molecule has 4 heterocycles. The fraction of sp³-hybridized carbons (Fsp3) is 0.269. The van der Waals surface area contributed by atoms with Crippen molar-refractivity contribution in [1.82, 2.24) is 24.9 Å². The first-order chi connectivity index (χ1) is 17.9. The van der Waals surface area contributed by atoms with Gasteiger partial charge in [-0.25, -0.2) is 14.4 Å². The van der Waals surface area contributed by atoms with Gasteiger partial charge in [0.1, 0.15) is 5.82 Å². The van der Waals surface area contributed by atoms with Crippen LogP contribution in [0, 0.1) is 11.2 Å². The first-order valence-electron chi connectivity index (χ1n) is 11.6. The molecule has 10 nitrogen and oxygen atoms in total. The topological polar surface area (TPSA) is 124 Å². The van der Waals surface area contributed by atoms with Crippen molar-refractivity contribution in [2.75, 3.05) is 25.6 Å². The summed E-state index contributed by atoms with van der Waals surface area (Å²) in [5.41, 5.74) is 2.45. The maximum Gasteiger partial charge on any atom is 0.316 e. The minimum Gasteiger partial charge on any atom is -0.467 e. The average molecular weight is 505 g/mol. The predicted octanol–water partition coefficient (Wildman–Crippen LogP) is 4.16. The Morgan fingerprint density at radius 3 is 2.65 bits per heavy atom. The summed E-state index contributed by atoms with van der Waals surface area (Å²) in [6.45, 7) is 2.49. The van der Waals surface area contributed by atoms with Crippen molar-refractivity contribution < 1.29 is 23.4 Å². The van der Waals surface area contributed by atoms with Crippen LogP contribution in [0.5, 0.6) is 6.01 Å². The van der Waals surface area contributed by atoms with Crippen molar-refractivity contribution in [3.8, 4) is 28.7 Å². The summed E-state index contributed by atoms with van der Waals surface area (Å²) in [4.78, 5) is 33.0. The van der Waals surface area contributed by atoms with Gasteiger partial charge in [-0.05, 0) is 42.5 Å². The van der Waals surface area contributed by atoms with Crippen LogP contribution >= 0.6 is 0 Å². The summed E-state index contributed by atoms with van der Waals surface area (Å²) < 4.78 is 30.7. The second-order valence-corrected chi connectivity index (χ2v) is 9.01. The smallest absolute Gasteiger partial charge is 0.316 e. The SMILES string of the molecule is COc1nccc(-c2[nH]c(C3OCC(C)(CC(=O)Nc4cccnc4)CO3)nc2-c2ccc(F)cc2)n1. The number of rotatable bonds is 7. The normalized spacial score (nSPS) is 19.4. The maximum absolute atomic E-state index is 13.6. The molecule has 1 aliphatic rings. The number of pyridine rings is 1. The molecule has 4 aromatic rings. The lowest BCUT2D eigenvalue weighted by Crippen LogP contribution is -2.39. The van der Waals surface area contributed by atoms with Crippen LogP contribution in [0.3, 0.4) is 0 Å². The van der Waals surface area contributed by atoms with E-state index in [-0.39, 0.29) is 37.4 Å². The van der Waals surface area contributed by atoms with Gasteiger partial charge in [0, 0.05) is 29.8 Å². The van der Waals surface area contributed by atoms with E-state index in [9.17, 15) is 9.18 Å². The van der Waals surface area contributed by atoms with Crippen LogP contribution in [-0.4, -0.2) is 51.2 Å². The Morgan fingerprint density at radius 2 is 1.95 bits per heavy atom. The number of anilines is 1. The number of benzene rings is 1. The number of methoxy groups -OCH3 is 1. The lowest BCUT2D eigenvalue weighted by molar-refractivity contribution is -0.233. The van der Waals surface area contributed by atoms with Crippen LogP contribution in [0.15, 0.2) is 61.1 Å². The summed E-state index contributed by atoms with van der Waals surface area (Å²) in [7, 11) is 1.48. The van der Waals surface area contributed by atoms with Crippen LogP contribution in [0.1, 0.15) is 25.5 Å². The molecule has 0 atom stereocenters. The van der Waals surface area contributed by atoms with Crippen molar-refractivity contribution in [2.24, 2.45) is 5.41 Å². The van der Waals surface area contributed by atoms with E-state index in [1.807, 2.05) is 6.92 Å². The van der Waals surface area contributed by atoms with Gasteiger partial charge in [0.05, 0.1) is 49.3 Å². The third-order valence-corrected chi connectivity index (χ3v) is 5.83. The molecule has 37 heavy (non-hydrogen) atoms. The van der Waals surface area contributed by atoms with Crippen molar-refractivity contribution >= 4 is 11.6 Å². The van der Waals surface area contributed by atoms with Crippen molar-refractivity contribution in [3.05, 3.63) is 72.7 Å². The molecular formula is C26H25FN6O4. The number of ether oxygens (including phenoxy) is 3. The summed E-state index contributed by atoms with van der Waals surface area (Å²) in [5, 5.41) is 2.84. The van der Waals surface area contributed by atoms with Crippen LogP contribution in [0.25, 0.3) is 22.6 Å². The highest BCUT2D eigenvalue weighted by molar-refractivity contribution is 5.91. The maximum atomic E-state index is 13.6. The number of carbonyl (C=O) groups excluding carboxylic acids is 1. The molecule has 1 amide bonds. The molecule has 0 spiro atoms. The van der Waals surface area contributed by atoms with Gasteiger partial charge in [-0.15, -0.1) is 0 Å². The number of hydrogen-bond donors (Lipinski definition) is 2.